The zero-order chi connectivity index (χ0) is 17.6. The van der Waals surface area contributed by atoms with Crippen molar-refractivity contribution in [3.63, 3.8) is 0 Å². The third-order valence-corrected chi connectivity index (χ3v) is 4.37. The molecule has 2 heterocycles. The SMILES string of the molecule is COC(=O)Cc1coc2c(-c3cc4c(cnn4C)cc3F)cccc12. The lowest BCUT2D eigenvalue weighted by Gasteiger charge is -2.06. The summed E-state index contributed by atoms with van der Waals surface area (Å²) in [5.74, 6) is -0.700. The van der Waals surface area contributed by atoms with E-state index in [4.69, 9.17) is 9.15 Å². The highest BCUT2D eigenvalue weighted by molar-refractivity contribution is 5.97. The van der Waals surface area contributed by atoms with Crippen molar-refractivity contribution in [1.29, 1.82) is 0 Å². The fourth-order valence-corrected chi connectivity index (χ4v) is 3.07. The molecule has 0 fully saturated rings. The molecule has 0 aliphatic carbocycles. The van der Waals surface area contributed by atoms with Crippen molar-refractivity contribution in [3.05, 3.63) is 54.2 Å². The minimum Gasteiger partial charge on any atom is -0.469 e. The number of halogens is 1. The van der Waals surface area contributed by atoms with Crippen molar-refractivity contribution in [2.75, 3.05) is 7.11 Å². The van der Waals surface area contributed by atoms with Crippen molar-refractivity contribution < 1.29 is 18.3 Å². The van der Waals surface area contributed by atoms with E-state index >= 15 is 0 Å². The second kappa shape index (κ2) is 5.73. The van der Waals surface area contributed by atoms with Gasteiger partial charge in [-0.05, 0) is 12.1 Å². The Morgan fingerprint density at radius 1 is 1.32 bits per heavy atom. The quantitative estimate of drug-likeness (QED) is 0.533. The molecule has 4 rings (SSSR count). The molecule has 0 N–H and O–H groups in total. The minimum absolute atomic E-state index is 0.107. The lowest BCUT2D eigenvalue weighted by Crippen LogP contribution is -2.03. The highest BCUT2D eigenvalue weighted by atomic mass is 19.1. The van der Waals surface area contributed by atoms with E-state index < -0.39 is 0 Å². The predicted molar refractivity (Wildman–Crippen MR) is 91.6 cm³/mol. The molecule has 0 aliphatic rings. The third-order valence-electron chi connectivity index (χ3n) is 4.37. The number of rotatable bonds is 3. The molecule has 0 aliphatic heterocycles. The molecular formula is C19H15FN2O3. The Labute approximate surface area is 142 Å². The van der Waals surface area contributed by atoms with Gasteiger partial charge in [0.2, 0.25) is 0 Å². The topological polar surface area (TPSA) is 57.3 Å². The van der Waals surface area contributed by atoms with Gasteiger partial charge in [-0.3, -0.25) is 9.48 Å². The fourth-order valence-electron chi connectivity index (χ4n) is 3.07. The number of para-hydroxylation sites is 1. The Morgan fingerprint density at radius 2 is 2.16 bits per heavy atom. The molecule has 4 aromatic rings. The predicted octanol–water partition coefficient (Wildman–Crippen LogP) is 3.84. The van der Waals surface area contributed by atoms with Crippen LogP contribution in [0.5, 0.6) is 0 Å². The summed E-state index contributed by atoms with van der Waals surface area (Å²) in [5.41, 5.74) is 3.15. The molecule has 0 spiro atoms. The Kier molecular flexibility index (Phi) is 3.53. The van der Waals surface area contributed by atoms with Crippen LogP contribution in [0.15, 0.2) is 47.2 Å². The fraction of sp³-hybridized carbons (Fsp3) is 0.158. The summed E-state index contributed by atoms with van der Waals surface area (Å²) in [6, 6.07) is 8.69. The van der Waals surface area contributed by atoms with Crippen LogP contribution in [0.4, 0.5) is 4.39 Å². The number of benzene rings is 2. The number of carbonyl (C=O) groups is 1. The van der Waals surface area contributed by atoms with Crippen LogP contribution in [-0.2, 0) is 23.0 Å². The number of carbonyl (C=O) groups excluding carboxylic acids is 1. The van der Waals surface area contributed by atoms with Crippen LogP contribution in [-0.4, -0.2) is 22.9 Å². The molecule has 0 amide bonds. The number of nitrogens with zero attached hydrogens (tertiary/aromatic N) is 2. The average Bonchev–Trinajstić information content (AvgIpc) is 3.18. The maximum Gasteiger partial charge on any atom is 0.310 e. The van der Waals surface area contributed by atoms with Gasteiger partial charge < -0.3 is 9.15 Å². The Hall–Kier alpha value is -3.15. The van der Waals surface area contributed by atoms with E-state index in [1.165, 1.54) is 19.4 Å². The number of esters is 1. The standard InChI is InChI=1S/C19H15FN2O3/c1-22-17-8-15(16(20)6-11(17)9-21-22)14-5-3-4-13-12(7-18(23)24-2)10-25-19(13)14/h3-6,8-10H,7H2,1-2H3. The van der Waals surface area contributed by atoms with Crippen LogP contribution in [0, 0.1) is 5.82 Å². The van der Waals surface area contributed by atoms with E-state index in [2.05, 4.69) is 5.10 Å². The van der Waals surface area contributed by atoms with Crippen molar-refractivity contribution in [2.45, 2.75) is 6.42 Å². The third kappa shape index (κ3) is 2.46. The van der Waals surface area contributed by atoms with Gasteiger partial charge in [0.15, 0.2) is 0 Å². The van der Waals surface area contributed by atoms with E-state index in [0.717, 1.165) is 16.3 Å². The van der Waals surface area contributed by atoms with Gasteiger partial charge in [-0.2, -0.15) is 5.10 Å². The molecule has 5 nitrogen and oxygen atoms in total. The van der Waals surface area contributed by atoms with E-state index in [-0.39, 0.29) is 18.2 Å². The lowest BCUT2D eigenvalue weighted by atomic mass is 10.00. The summed E-state index contributed by atoms with van der Waals surface area (Å²) in [5, 5.41) is 5.66. The monoisotopic (exact) mass is 338 g/mol. The Bertz CT molecular complexity index is 1110. The van der Waals surface area contributed by atoms with Crippen LogP contribution in [0.1, 0.15) is 5.56 Å². The van der Waals surface area contributed by atoms with Crippen LogP contribution in [0.3, 0.4) is 0 Å². The summed E-state index contributed by atoms with van der Waals surface area (Å²) in [4.78, 5) is 11.6. The van der Waals surface area contributed by atoms with Gasteiger partial charge in [-0.15, -0.1) is 0 Å². The minimum atomic E-state index is -0.351. The lowest BCUT2D eigenvalue weighted by molar-refractivity contribution is -0.139. The number of aromatic nitrogens is 2. The first-order chi connectivity index (χ1) is 12.1. The normalized spacial score (nSPS) is 11.3. The molecule has 0 bridgehead atoms. The highest BCUT2D eigenvalue weighted by Crippen LogP contribution is 2.35. The number of hydrogen-bond acceptors (Lipinski definition) is 4. The maximum absolute atomic E-state index is 14.7. The summed E-state index contributed by atoms with van der Waals surface area (Å²) < 4.78 is 26.7. The van der Waals surface area contributed by atoms with Crippen molar-refractivity contribution in [1.82, 2.24) is 9.78 Å². The number of hydrogen-bond donors (Lipinski definition) is 0. The average molecular weight is 338 g/mol. The van der Waals surface area contributed by atoms with Gasteiger partial charge in [-0.25, -0.2) is 4.39 Å². The summed E-state index contributed by atoms with van der Waals surface area (Å²) in [6.45, 7) is 0. The van der Waals surface area contributed by atoms with Gasteiger partial charge in [0, 0.05) is 34.5 Å². The first kappa shape index (κ1) is 15.4. The van der Waals surface area contributed by atoms with Gasteiger partial charge in [-0.1, -0.05) is 18.2 Å². The Morgan fingerprint density at radius 3 is 2.96 bits per heavy atom. The molecule has 2 aromatic carbocycles. The first-order valence-electron chi connectivity index (χ1n) is 7.76. The molecule has 0 saturated carbocycles. The van der Waals surface area contributed by atoms with Crippen LogP contribution >= 0.6 is 0 Å². The molecule has 25 heavy (non-hydrogen) atoms. The van der Waals surface area contributed by atoms with Gasteiger partial charge in [0.1, 0.15) is 11.4 Å². The van der Waals surface area contributed by atoms with E-state index in [9.17, 15) is 9.18 Å². The second-order valence-electron chi connectivity index (χ2n) is 5.86. The number of furan rings is 1. The van der Waals surface area contributed by atoms with Gasteiger partial charge >= 0.3 is 5.97 Å². The van der Waals surface area contributed by atoms with Crippen molar-refractivity contribution in [2.24, 2.45) is 7.05 Å². The number of aryl methyl sites for hydroxylation is 1. The molecule has 0 saturated heterocycles. The molecule has 0 atom stereocenters. The van der Waals surface area contributed by atoms with E-state index in [1.54, 1.807) is 23.0 Å². The molecular weight excluding hydrogens is 323 g/mol. The number of ether oxygens (including phenoxy) is 1. The second-order valence-corrected chi connectivity index (χ2v) is 5.86. The highest BCUT2D eigenvalue weighted by Gasteiger charge is 2.17. The van der Waals surface area contributed by atoms with Gasteiger partial charge in [0.05, 0.1) is 31.5 Å². The van der Waals surface area contributed by atoms with Crippen LogP contribution in [0.25, 0.3) is 33.0 Å². The number of methoxy groups -OCH3 is 1. The zero-order valence-electron chi connectivity index (χ0n) is 13.7. The largest absolute Gasteiger partial charge is 0.469 e. The molecule has 6 heteroatoms. The summed E-state index contributed by atoms with van der Waals surface area (Å²) in [7, 11) is 3.15. The first-order valence-corrected chi connectivity index (χ1v) is 7.76. The van der Waals surface area contributed by atoms with Crippen molar-refractivity contribution >= 4 is 27.8 Å². The summed E-state index contributed by atoms with van der Waals surface area (Å²) in [6.07, 6.45) is 3.26. The summed E-state index contributed by atoms with van der Waals surface area (Å²) >= 11 is 0. The molecule has 2 aromatic heterocycles. The number of fused-ring (bicyclic) bond motifs is 2. The van der Waals surface area contributed by atoms with E-state index in [1.807, 2.05) is 19.2 Å². The molecule has 126 valence electrons. The maximum atomic E-state index is 14.7. The van der Waals surface area contributed by atoms with Crippen molar-refractivity contribution in [3.8, 4) is 11.1 Å². The van der Waals surface area contributed by atoms with Gasteiger partial charge in [0.25, 0.3) is 0 Å². The molecule has 0 radical (unpaired) electrons. The zero-order valence-corrected chi connectivity index (χ0v) is 13.7. The van der Waals surface area contributed by atoms with Crippen LogP contribution < -0.4 is 0 Å². The van der Waals surface area contributed by atoms with Crippen LogP contribution in [0.2, 0.25) is 0 Å². The smallest absolute Gasteiger partial charge is 0.310 e. The van der Waals surface area contributed by atoms with E-state index in [0.29, 0.717) is 22.3 Å². The molecule has 0 unspecified atom stereocenters. The Balaban J connectivity index is 1.91.